The molecule has 1 saturated heterocycles. The van der Waals surface area contributed by atoms with Gasteiger partial charge in [-0.25, -0.2) is 0 Å². The molecule has 1 atom stereocenters. The molecule has 0 aromatic heterocycles. The molecule has 1 unspecified atom stereocenters. The third kappa shape index (κ3) is 2.31. The topological polar surface area (TPSA) is 12.5 Å². The van der Waals surface area contributed by atoms with Gasteiger partial charge in [0.1, 0.15) is 0 Å². The van der Waals surface area contributed by atoms with Gasteiger partial charge in [-0.15, -0.1) is 0 Å². The van der Waals surface area contributed by atoms with Crippen LogP contribution in [0.15, 0.2) is 18.2 Å². The van der Waals surface area contributed by atoms with Gasteiger partial charge in [0.25, 0.3) is 0 Å². The lowest BCUT2D eigenvalue weighted by Crippen LogP contribution is -1.92. The van der Waals surface area contributed by atoms with E-state index in [-0.39, 0.29) is 0 Å². The molecule has 70 valence electrons. The van der Waals surface area contributed by atoms with E-state index in [4.69, 9.17) is 4.74 Å². The second-order valence-corrected chi connectivity index (χ2v) is 3.91. The van der Waals surface area contributed by atoms with Gasteiger partial charge in [-0.1, -0.05) is 18.2 Å². The van der Waals surface area contributed by atoms with E-state index in [1.165, 1.54) is 23.1 Å². The van der Waals surface area contributed by atoms with Gasteiger partial charge < -0.3 is 4.74 Å². The lowest BCUT2D eigenvalue weighted by Gasteiger charge is -2.03. The van der Waals surface area contributed by atoms with Crippen molar-refractivity contribution in [3.63, 3.8) is 0 Å². The molecule has 1 heterocycles. The summed E-state index contributed by atoms with van der Waals surface area (Å²) in [5.41, 5.74) is 4.22. The lowest BCUT2D eigenvalue weighted by atomic mass is 10.0. The molecule has 0 N–H and O–H groups in total. The van der Waals surface area contributed by atoms with Gasteiger partial charge in [0, 0.05) is 0 Å². The average Bonchev–Trinajstić information content (AvgIpc) is 2.91. The molecular weight excluding hydrogens is 160 g/mol. The summed E-state index contributed by atoms with van der Waals surface area (Å²) in [4.78, 5) is 0. The molecule has 1 aliphatic rings. The van der Waals surface area contributed by atoms with E-state index in [0.717, 1.165) is 13.0 Å². The van der Waals surface area contributed by atoms with Crippen molar-refractivity contribution in [1.82, 2.24) is 0 Å². The molecule has 0 spiro atoms. The van der Waals surface area contributed by atoms with Crippen LogP contribution < -0.4 is 0 Å². The van der Waals surface area contributed by atoms with Crippen molar-refractivity contribution in [3.05, 3.63) is 34.9 Å². The van der Waals surface area contributed by atoms with Crippen LogP contribution >= 0.6 is 0 Å². The Hall–Kier alpha value is -0.820. The van der Waals surface area contributed by atoms with Crippen LogP contribution in [0.4, 0.5) is 0 Å². The number of benzene rings is 1. The van der Waals surface area contributed by atoms with E-state index < -0.39 is 0 Å². The third-order valence-electron chi connectivity index (χ3n) is 2.73. The minimum atomic E-state index is 0.557. The Bertz CT molecular complexity index is 300. The van der Waals surface area contributed by atoms with Crippen molar-refractivity contribution in [1.29, 1.82) is 0 Å². The molecule has 1 aromatic carbocycles. The monoisotopic (exact) mass is 176 g/mol. The normalized spacial score (nSPS) is 20.3. The molecule has 0 bridgehead atoms. The van der Waals surface area contributed by atoms with Crippen molar-refractivity contribution in [3.8, 4) is 0 Å². The maximum absolute atomic E-state index is 5.18. The zero-order chi connectivity index (χ0) is 9.26. The van der Waals surface area contributed by atoms with Crippen LogP contribution in [0.5, 0.6) is 0 Å². The highest BCUT2D eigenvalue weighted by Gasteiger charge is 2.21. The highest BCUT2D eigenvalue weighted by molar-refractivity contribution is 5.29. The fraction of sp³-hybridized carbons (Fsp3) is 0.500. The van der Waals surface area contributed by atoms with Crippen molar-refractivity contribution in [2.45, 2.75) is 32.8 Å². The average molecular weight is 176 g/mol. The summed E-state index contributed by atoms with van der Waals surface area (Å²) in [5.74, 6) is 0. The van der Waals surface area contributed by atoms with Crippen LogP contribution in [0.2, 0.25) is 0 Å². The Kier molecular flexibility index (Phi) is 2.36. The zero-order valence-electron chi connectivity index (χ0n) is 8.34. The fourth-order valence-electron chi connectivity index (χ4n) is 1.52. The van der Waals surface area contributed by atoms with Gasteiger partial charge in [0.05, 0.1) is 12.7 Å². The van der Waals surface area contributed by atoms with Crippen LogP contribution in [0.3, 0.4) is 0 Å². The van der Waals surface area contributed by atoms with Gasteiger partial charge in [0.15, 0.2) is 0 Å². The Morgan fingerprint density at radius 1 is 1.31 bits per heavy atom. The van der Waals surface area contributed by atoms with Gasteiger partial charge in [-0.2, -0.15) is 0 Å². The van der Waals surface area contributed by atoms with Crippen LogP contribution in [0.1, 0.15) is 23.1 Å². The highest BCUT2D eigenvalue weighted by atomic mass is 16.6. The van der Waals surface area contributed by atoms with Crippen LogP contribution in [0, 0.1) is 13.8 Å². The predicted octanol–water partition coefficient (Wildman–Crippen LogP) is 2.63. The van der Waals surface area contributed by atoms with Gasteiger partial charge in [0.2, 0.25) is 0 Å². The maximum Gasteiger partial charge on any atom is 0.0813 e. The highest BCUT2D eigenvalue weighted by Crippen LogP contribution is 2.18. The largest absolute Gasteiger partial charge is 0.373 e. The molecule has 1 nitrogen and oxygen atoms in total. The Morgan fingerprint density at radius 2 is 2.08 bits per heavy atom. The number of ether oxygens (including phenoxy) is 1. The molecule has 1 aliphatic heterocycles. The summed E-state index contributed by atoms with van der Waals surface area (Å²) < 4.78 is 5.18. The summed E-state index contributed by atoms with van der Waals surface area (Å²) in [6.45, 7) is 5.31. The van der Waals surface area contributed by atoms with E-state index in [9.17, 15) is 0 Å². The summed E-state index contributed by atoms with van der Waals surface area (Å²) in [6, 6.07) is 6.72. The SMILES string of the molecule is Cc1ccc(CCC2CO2)cc1C. The molecular formula is C12H16O. The first-order valence-corrected chi connectivity index (χ1v) is 4.93. The smallest absolute Gasteiger partial charge is 0.0813 e. The molecule has 0 amide bonds. The standard InChI is InChI=1S/C12H16O/c1-9-3-4-11(7-10(9)2)5-6-12-8-13-12/h3-4,7,12H,5-6,8H2,1-2H3. The molecule has 0 saturated carbocycles. The lowest BCUT2D eigenvalue weighted by molar-refractivity contribution is 0.397. The van der Waals surface area contributed by atoms with Gasteiger partial charge in [-0.05, 0) is 43.4 Å². The maximum atomic E-state index is 5.18. The minimum absolute atomic E-state index is 0.557. The van der Waals surface area contributed by atoms with E-state index in [1.807, 2.05) is 0 Å². The first kappa shape index (κ1) is 8.76. The van der Waals surface area contributed by atoms with Crippen LogP contribution in [-0.2, 0) is 11.2 Å². The van der Waals surface area contributed by atoms with Crippen molar-refractivity contribution in [2.75, 3.05) is 6.61 Å². The molecule has 1 fully saturated rings. The van der Waals surface area contributed by atoms with Crippen molar-refractivity contribution < 1.29 is 4.74 Å². The molecule has 0 aliphatic carbocycles. The third-order valence-corrected chi connectivity index (χ3v) is 2.73. The second-order valence-electron chi connectivity index (χ2n) is 3.91. The van der Waals surface area contributed by atoms with Crippen LogP contribution in [0.25, 0.3) is 0 Å². The fourth-order valence-corrected chi connectivity index (χ4v) is 1.52. The van der Waals surface area contributed by atoms with E-state index in [2.05, 4.69) is 32.0 Å². The molecule has 13 heavy (non-hydrogen) atoms. The minimum Gasteiger partial charge on any atom is -0.373 e. The van der Waals surface area contributed by atoms with E-state index in [1.54, 1.807) is 0 Å². The number of hydrogen-bond donors (Lipinski definition) is 0. The first-order valence-electron chi connectivity index (χ1n) is 4.93. The van der Waals surface area contributed by atoms with Crippen molar-refractivity contribution >= 4 is 0 Å². The Labute approximate surface area is 79.7 Å². The van der Waals surface area contributed by atoms with E-state index in [0.29, 0.717) is 6.10 Å². The second kappa shape index (κ2) is 3.51. The number of hydrogen-bond acceptors (Lipinski definition) is 1. The van der Waals surface area contributed by atoms with Crippen molar-refractivity contribution in [2.24, 2.45) is 0 Å². The number of epoxide rings is 1. The van der Waals surface area contributed by atoms with Crippen LogP contribution in [-0.4, -0.2) is 12.7 Å². The summed E-state index contributed by atoms with van der Waals surface area (Å²) >= 11 is 0. The van der Waals surface area contributed by atoms with Gasteiger partial charge >= 0.3 is 0 Å². The number of aryl methyl sites for hydroxylation is 3. The predicted molar refractivity (Wildman–Crippen MR) is 54.0 cm³/mol. The number of rotatable bonds is 3. The Morgan fingerprint density at radius 3 is 2.69 bits per heavy atom. The quantitative estimate of drug-likeness (QED) is 0.645. The molecule has 2 rings (SSSR count). The summed E-state index contributed by atoms with van der Waals surface area (Å²) in [6.07, 6.45) is 2.90. The summed E-state index contributed by atoms with van der Waals surface area (Å²) in [5, 5.41) is 0. The molecule has 1 heteroatoms. The van der Waals surface area contributed by atoms with E-state index >= 15 is 0 Å². The molecule has 1 aromatic rings. The molecule has 0 radical (unpaired) electrons. The van der Waals surface area contributed by atoms with Gasteiger partial charge in [-0.3, -0.25) is 0 Å². The Balaban J connectivity index is 1.98. The summed E-state index contributed by atoms with van der Waals surface area (Å²) in [7, 11) is 0. The zero-order valence-corrected chi connectivity index (χ0v) is 8.34. The first-order chi connectivity index (χ1) is 6.25.